The lowest BCUT2D eigenvalue weighted by molar-refractivity contribution is -0.176. The minimum atomic E-state index is -1.14. The molecule has 0 radical (unpaired) electrons. The highest BCUT2D eigenvalue weighted by atomic mass is 35.5. The maximum absolute atomic E-state index is 13.5. The highest BCUT2D eigenvalue weighted by molar-refractivity contribution is 6.37. The van der Waals surface area contributed by atoms with Crippen molar-refractivity contribution in [1.29, 1.82) is 0 Å². The highest BCUT2D eigenvalue weighted by Crippen LogP contribution is 2.45. The molecule has 2 aromatic carbocycles. The van der Waals surface area contributed by atoms with Gasteiger partial charge >= 0.3 is 11.9 Å². The molecule has 254 valence electrons. The van der Waals surface area contributed by atoms with Gasteiger partial charge in [0.2, 0.25) is 11.8 Å². The van der Waals surface area contributed by atoms with E-state index in [4.69, 9.17) is 42.1 Å². The molecule has 0 aliphatic carbocycles. The largest absolute Gasteiger partial charge is 0.494 e. The van der Waals surface area contributed by atoms with Crippen LogP contribution in [0.3, 0.4) is 0 Å². The Bertz CT molecular complexity index is 1440. The van der Waals surface area contributed by atoms with Crippen LogP contribution in [0.2, 0.25) is 10.0 Å². The summed E-state index contributed by atoms with van der Waals surface area (Å²) in [5.41, 5.74) is 1.60. The number of carbonyl (C=O) groups is 4. The van der Waals surface area contributed by atoms with Crippen molar-refractivity contribution >= 4 is 47.0 Å². The van der Waals surface area contributed by atoms with Gasteiger partial charge in [0, 0.05) is 25.3 Å². The summed E-state index contributed by atoms with van der Waals surface area (Å²) in [5, 5.41) is 5.96. The standard InChI is InChI=1S/C35H42Cl2N2O8/c1-19(2)14-28-35(43)45-27(21(4)30-31(47-30)23-10-7-6-8-11-23)12-9-13-29(40)39-26(33(41)38-18-20(3)34(42)46-28)17-22-15-24(36)32(44-5)25(37)16-22/h6-11,13,15-16,19-21,26-28,30-31H,12,14,17-18H2,1-5H3,(H,38,41)(H,39,40)/b13-9+/t20-,21+,26?,27?,28+,30-,31-/m1/s1. The molecule has 2 amide bonds. The number of esters is 2. The maximum Gasteiger partial charge on any atom is 0.347 e. The zero-order valence-corrected chi connectivity index (χ0v) is 28.7. The van der Waals surface area contributed by atoms with E-state index < -0.39 is 47.9 Å². The Balaban J connectivity index is 1.59. The minimum Gasteiger partial charge on any atom is -0.494 e. The molecular formula is C35H42Cl2N2O8. The van der Waals surface area contributed by atoms with Gasteiger partial charge in [0.05, 0.1) is 29.2 Å². The molecule has 10 nitrogen and oxygen atoms in total. The second-order valence-electron chi connectivity index (χ2n) is 12.5. The summed E-state index contributed by atoms with van der Waals surface area (Å²) in [4.78, 5) is 53.1. The minimum absolute atomic E-state index is 0.0235. The Morgan fingerprint density at radius 3 is 2.30 bits per heavy atom. The lowest BCUT2D eigenvalue weighted by atomic mass is 9.93. The van der Waals surface area contributed by atoms with Crippen LogP contribution in [-0.4, -0.2) is 61.8 Å². The number of methoxy groups -OCH3 is 1. The topological polar surface area (TPSA) is 133 Å². The first-order valence-corrected chi connectivity index (χ1v) is 16.5. The normalized spacial score (nSPS) is 27.2. The van der Waals surface area contributed by atoms with E-state index in [9.17, 15) is 19.2 Å². The predicted octanol–water partition coefficient (Wildman–Crippen LogP) is 5.39. The fourth-order valence-corrected chi connectivity index (χ4v) is 6.16. The molecule has 47 heavy (non-hydrogen) atoms. The Morgan fingerprint density at radius 1 is 0.979 bits per heavy atom. The van der Waals surface area contributed by atoms with Gasteiger partial charge in [-0.1, -0.05) is 87.3 Å². The van der Waals surface area contributed by atoms with Crippen molar-refractivity contribution in [3.05, 3.63) is 75.8 Å². The quantitative estimate of drug-likeness (QED) is 0.279. The van der Waals surface area contributed by atoms with Gasteiger partial charge in [0.1, 0.15) is 18.2 Å². The van der Waals surface area contributed by atoms with E-state index in [1.165, 1.54) is 13.2 Å². The van der Waals surface area contributed by atoms with E-state index in [-0.39, 0.29) is 59.9 Å². The summed E-state index contributed by atoms with van der Waals surface area (Å²) in [5.74, 6) is -3.11. The fourth-order valence-electron chi connectivity index (χ4n) is 5.48. The Morgan fingerprint density at radius 2 is 1.66 bits per heavy atom. The van der Waals surface area contributed by atoms with Gasteiger partial charge in [-0.15, -0.1) is 0 Å². The molecule has 0 aromatic heterocycles. The van der Waals surface area contributed by atoms with Crippen LogP contribution in [0.4, 0.5) is 0 Å². The van der Waals surface area contributed by atoms with Gasteiger partial charge in [-0.05, 0) is 41.7 Å². The van der Waals surface area contributed by atoms with Crippen molar-refractivity contribution in [2.45, 2.75) is 77.4 Å². The van der Waals surface area contributed by atoms with Crippen molar-refractivity contribution in [3.8, 4) is 5.75 Å². The second-order valence-corrected chi connectivity index (χ2v) is 13.3. The molecule has 2 heterocycles. The van der Waals surface area contributed by atoms with Crippen molar-refractivity contribution in [2.75, 3.05) is 13.7 Å². The van der Waals surface area contributed by atoms with Gasteiger partial charge in [0.25, 0.3) is 0 Å². The molecule has 2 aliphatic heterocycles. The molecule has 7 atom stereocenters. The smallest absolute Gasteiger partial charge is 0.347 e. The molecule has 2 aliphatic rings. The molecule has 0 bridgehead atoms. The number of carbonyl (C=O) groups excluding carboxylic acids is 4. The molecule has 12 heteroatoms. The summed E-state index contributed by atoms with van der Waals surface area (Å²) in [7, 11) is 1.44. The highest BCUT2D eigenvalue weighted by Gasteiger charge is 2.47. The van der Waals surface area contributed by atoms with Gasteiger partial charge in [-0.25, -0.2) is 4.79 Å². The summed E-state index contributed by atoms with van der Waals surface area (Å²) in [6.45, 7) is 7.25. The van der Waals surface area contributed by atoms with Gasteiger partial charge in [0.15, 0.2) is 11.9 Å². The summed E-state index contributed by atoms with van der Waals surface area (Å²) in [6.07, 6.45) is 1.20. The average Bonchev–Trinajstić information content (AvgIpc) is 3.83. The first-order valence-electron chi connectivity index (χ1n) is 15.8. The Labute approximate surface area is 285 Å². The molecule has 2 unspecified atom stereocenters. The number of hydrogen-bond donors (Lipinski definition) is 2. The number of nitrogens with one attached hydrogen (secondary N) is 2. The second kappa shape index (κ2) is 16.5. The fraction of sp³-hybridized carbons (Fsp3) is 0.486. The first-order chi connectivity index (χ1) is 22.4. The van der Waals surface area contributed by atoms with E-state index in [1.807, 2.05) is 51.1 Å². The summed E-state index contributed by atoms with van der Waals surface area (Å²) >= 11 is 12.6. The third-order valence-electron chi connectivity index (χ3n) is 8.19. The van der Waals surface area contributed by atoms with Crippen LogP contribution in [0.15, 0.2) is 54.6 Å². The molecule has 2 aromatic rings. The molecule has 4 rings (SSSR count). The monoisotopic (exact) mass is 688 g/mol. The van der Waals surface area contributed by atoms with Crippen molar-refractivity contribution in [2.24, 2.45) is 17.8 Å². The van der Waals surface area contributed by atoms with Crippen molar-refractivity contribution in [1.82, 2.24) is 10.6 Å². The summed E-state index contributed by atoms with van der Waals surface area (Å²) < 4.78 is 22.9. The number of halogens is 2. The van der Waals surface area contributed by atoms with E-state index in [0.29, 0.717) is 11.3 Å². The molecule has 1 saturated heterocycles. The molecular weight excluding hydrogens is 647 g/mol. The maximum atomic E-state index is 13.5. The average molecular weight is 690 g/mol. The van der Waals surface area contributed by atoms with Crippen molar-refractivity contribution in [3.63, 3.8) is 0 Å². The van der Waals surface area contributed by atoms with E-state index >= 15 is 0 Å². The van der Waals surface area contributed by atoms with Crippen LogP contribution < -0.4 is 15.4 Å². The van der Waals surface area contributed by atoms with Crippen LogP contribution in [0.1, 0.15) is 57.8 Å². The molecule has 0 spiro atoms. The number of benzene rings is 2. The molecule has 1 fully saturated rings. The lowest BCUT2D eigenvalue weighted by Crippen LogP contribution is -2.49. The van der Waals surface area contributed by atoms with Crippen LogP contribution in [0.25, 0.3) is 0 Å². The van der Waals surface area contributed by atoms with E-state index in [1.54, 1.807) is 25.1 Å². The van der Waals surface area contributed by atoms with Crippen LogP contribution in [0.5, 0.6) is 5.75 Å². The number of hydrogen-bond acceptors (Lipinski definition) is 8. The number of cyclic esters (lactones) is 2. The van der Waals surface area contributed by atoms with Crippen molar-refractivity contribution < 1.29 is 38.1 Å². The third kappa shape index (κ3) is 9.95. The number of ether oxygens (including phenoxy) is 4. The molecule has 0 saturated carbocycles. The lowest BCUT2D eigenvalue weighted by Gasteiger charge is -2.27. The van der Waals surface area contributed by atoms with E-state index in [0.717, 1.165) is 5.56 Å². The number of amides is 2. The van der Waals surface area contributed by atoms with Gasteiger partial charge in [-0.2, -0.15) is 0 Å². The van der Waals surface area contributed by atoms with Crippen LogP contribution in [-0.2, 0) is 39.8 Å². The number of epoxide rings is 1. The predicted molar refractivity (Wildman–Crippen MR) is 177 cm³/mol. The zero-order valence-electron chi connectivity index (χ0n) is 27.2. The van der Waals surface area contributed by atoms with E-state index in [2.05, 4.69) is 10.6 Å². The third-order valence-corrected chi connectivity index (χ3v) is 8.75. The summed E-state index contributed by atoms with van der Waals surface area (Å²) in [6, 6.07) is 11.9. The zero-order chi connectivity index (χ0) is 34.2. The SMILES string of the molecule is COc1c(Cl)cc(CC2NC(=O)/C=C/CC([C@H](C)[C@H]3O[C@@H]3c3ccccc3)OC(=O)[C@H](CC(C)C)OC(=O)[C@H](C)CNC2=O)cc1Cl. The van der Waals surface area contributed by atoms with Gasteiger partial charge < -0.3 is 29.6 Å². The number of rotatable bonds is 8. The Kier molecular flexibility index (Phi) is 12.7. The first kappa shape index (κ1) is 36.2. The van der Waals surface area contributed by atoms with Crippen LogP contribution >= 0.6 is 23.2 Å². The van der Waals surface area contributed by atoms with Gasteiger partial charge in [-0.3, -0.25) is 14.4 Å². The van der Waals surface area contributed by atoms with Crippen LogP contribution in [0, 0.1) is 17.8 Å². The molecule has 2 N–H and O–H groups in total. The Hall–Kier alpha value is -3.60.